The molecule has 2 saturated carbocycles. The predicted octanol–water partition coefficient (Wildman–Crippen LogP) is 5.08. The Morgan fingerprint density at radius 1 is 0.955 bits per heavy atom. The van der Waals surface area contributed by atoms with Crippen LogP contribution in [-0.2, 0) is 11.2 Å². The molecule has 2 aliphatic carbocycles. The highest BCUT2D eigenvalue weighted by Gasteiger charge is 2.77. The minimum atomic E-state index is -0.716. The van der Waals surface area contributed by atoms with Crippen LogP contribution < -0.4 is 5.32 Å². The van der Waals surface area contributed by atoms with Gasteiger partial charge < -0.3 is 20.1 Å². The standard InChI is InChI=1S/C36H37N5O3/c42-33(30-18-25-13-7-8-14-28(25)38-30)39-31(17-23-9-3-1-4-10-23)35(44)41-22-32-36(41)19-27(36)21-40(32)34(43)29-16-15-26(20-37-29)24-11-5-2-6-12-24/h1,3-4,7-10,13-16,18,20,24,27,31-32,38H,2,5-6,11-12,17,19,21-22H2,(H,39,42)/t27-,31+,32-,36?/m1/s1. The van der Waals surface area contributed by atoms with Crippen molar-refractivity contribution in [3.05, 3.63) is 102 Å². The van der Waals surface area contributed by atoms with Gasteiger partial charge in [0.15, 0.2) is 0 Å². The number of benzene rings is 2. The average molecular weight is 588 g/mol. The molecule has 44 heavy (non-hydrogen) atoms. The van der Waals surface area contributed by atoms with Crippen LogP contribution in [0.4, 0.5) is 0 Å². The molecule has 3 amide bonds. The molecule has 4 aromatic rings. The van der Waals surface area contributed by atoms with E-state index in [1.165, 1.54) is 37.7 Å². The summed E-state index contributed by atoms with van der Waals surface area (Å²) < 4.78 is 0. The topological polar surface area (TPSA) is 98.4 Å². The van der Waals surface area contributed by atoms with Gasteiger partial charge in [-0.05, 0) is 54.5 Å². The maximum absolute atomic E-state index is 14.2. The predicted molar refractivity (Wildman–Crippen MR) is 167 cm³/mol. The summed E-state index contributed by atoms with van der Waals surface area (Å²) in [4.78, 5) is 52.9. The van der Waals surface area contributed by atoms with Gasteiger partial charge in [0.2, 0.25) is 5.91 Å². The normalized spacial score (nSPS) is 24.7. The third-order valence-electron chi connectivity index (χ3n) is 10.6. The van der Waals surface area contributed by atoms with Crippen LogP contribution in [0.25, 0.3) is 10.9 Å². The van der Waals surface area contributed by atoms with Gasteiger partial charge in [-0.15, -0.1) is 0 Å². The zero-order chi connectivity index (χ0) is 29.8. The van der Waals surface area contributed by atoms with Gasteiger partial charge in [0, 0.05) is 42.5 Å². The van der Waals surface area contributed by atoms with Crippen LogP contribution in [0.1, 0.15) is 76.5 Å². The van der Waals surface area contributed by atoms with Crippen LogP contribution in [0.5, 0.6) is 0 Å². The number of fused-ring (bicyclic) bond motifs is 1. The van der Waals surface area contributed by atoms with Gasteiger partial charge in [0.05, 0.1) is 11.6 Å². The summed E-state index contributed by atoms with van der Waals surface area (Å²) in [5, 5.41) is 3.99. The van der Waals surface area contributed by atoms with E-state index in [1.54, 1.807) is 0 Å². The second-order valence-corrected chi connectivity index (χ2v) is 13.1. The second-order valence-electron chi connectivity index (χ2n) is 13.1. The van der Waals surface area contributed by atoms with Gasteiger partial charge in [0.25, 0.3) is 11.8 Å². The fraction of sp³-hybridized carbons (Fsp3) is 0.389. The zero-order valence-corrected chi connectivity index (χ0v) is 24.7. The van der Waals surface area contributed by atoms with Gasteiger partial charge in [-0.1, -0.05) is 73.9 Å². The van der Waals surface area contributed by atoms with E-state index in [-0.39, 0.29) is 35.2 Å². The van der Waals surface area contributed by atoms with Crippen molar-refractivity contribution in [1.29, 1.82) is 0 Å². The van der Waals surface area contributed by atoms with E-state index >= 15 is 0 Å². The first kappa shape index (κ1) is 27.1. The Bertz CT molecular complexity index is 1690. The Hall–Kier alpha value is -4.46. The largest absolute Gasteiger partial charge is 0.351 e. The number of para-hydroxylation sites is 1. The number of rotatable bonds is 7. The lowest BCUT2D eigenvalue weighted by Gasteiger charge is -2.51. The number of pyridine rings is 1. The Kier molecular flexibility index (Phi) is 6.54. The molecule has 2 aliphatic heterocycles. The van der Waals surface area contributed by atoms with Gasteiger partial charge >= 0.3 is 0 Å². The molecule has 2 aromatic heterocycles. The van der Waals surface area contributed by atoms with E-state index in [0.29, 0.717) is 36.8 Å². The third-order valence-corrected chi connectivity index (χ3v) is 10.6. The molecule has 4 aliphatic rings. The first-order valence-electron chi connectivity index (χ1n) is 16.0. The van der Waals surface area contributed by atoms with Crippen LogP contribution in [0.3, 0.4) is 0 Å². The molecule has 8 rings (SSSR count). The molecular weight excluding hydrogens is 550 g/mol. The second kappa shape index (κ2) is 10.6. The molecular formula is C36H37N5O3. The minimum absolute atomic E-state index is 0.00875. The molecule has 2 saturated heterocycles. The van der Waals surface area contributed by atoms with Crippen LogP contribution in [-0.4, -0.2) is 68.2 Å². The molecule has 8 heteroatoms. The van der Waals surface area contributed by atoms with Gasteiger partial charge in [0.1, 0.15) is 17.4 Å². The smallest absolute Gasteiger partial charge is 0.272 e. The lowest BCUT2D eigenvalue weighted by molar-refractivity contribution is -0.147. The van der Waals surface area contributed by atoms with Gasteiger partial charge in [-0.2, -0.15) is 0 Å². The number of aromatic amines is 1. The van der Waals surface area contributed by atoms with Crippen molar-refractivity contribution in [2.24, 2.45) is 5.92 Å². The zero-order valence-electron chi connectivity index (χ0n) is 24.7. The Morgan fingerprint density at radius 3 is 2.52 bits per heavy atom. The molecule has 2 aromatic carbocycles. The number of piperidine rings is 1. The summed E-state index contributed by atoms with van der Waals surface area (Å²) in [6, 6.07) is 22.6. The number of hydrogen-bond acceptors (Lipinski definition) is 4. The van der Waals surface area contributed by atoms with Crippen molar-refractivity contribution in [3.8, 4) is 0 Å². The monoisotopic (exact) mass is 587 g/mol. The number of carbonyl (C=O) groups excluding carboxylic acids is 3. The molecule has 224 valence electrons. The van der Waals surface area contributed by atoms with Crippen LogP contribution >= 0.6 is 0 Å². The summed E-state index contributed by atoms with van der Waals surface area (Å²) in [6.07, 6.45) is 9.42. The maximum Gasteiger partial charge on any atom is 0.272 e. The summed E-state index contributed by atoms with van der Waals surface area (Å²) in [6.45, 7) is 1.12. The number of amides is 3. The van der Waals surface area contributed by atoms with Crippen molar-refractivity contribution < 1.29 is 14.4 Å². The fourth-order valence-electron chi connectivity index (χ4n) is 8.14. The minimum Gasteiger partial charge on any atom is -0.351 e. The maximum atomic E-state index is 14.2. The highest BCUT2D eigenvalue weighted by Crippen LogP contribution is 2.63. The van der Waals surface area contributed by atoms with Crippen LogP contribution in [0, 0.1) is 5.92 Å². The average Bonchev–Trinajstić information content (AvgIpc) is 3.57. The molecule has 0 radical (unpaired) electrons. The highest BCUT2D eigenvalue weighted by molar-refractivity contribution is 6.01. The summed E-state index contributed by atoms with van der Waals surface area (Å²) >= 11 is 0. The molecule has 0 bridgehead atoms. The molecule has 4 atom stereocenters. The van der Waals surface area contributed by atoms with E-state index in [0.717, 1.165) is 22.9 Å². The van der Waals surface area contributed by atoms with Crippen molar-refractivity contribution in [1.82, 2.24) is 25.1 Å². The van der Waals surface area contributed by atoms with Crippen LogP contribution in [0.2, 0.25) is 0 Å². The van der Waals surface area contributed by atoms with E-state index < -0.39 is 6.04 Å². The van der Waals surface area contributed by atoms with Gasteiger partial charge in [-0.25, -0.2) is 0 Å². The molecule has 8 nitrogen and oxygen atoms in total. The van der Waals surface area contributed by atoms with E-state index in [4.69, 9.17) is 0 Å². The molecule has 4 fully saturated rings. The molecule has 2 N–H and O–H groups in total. The number of nitrogens with one attached hydrogen (secondary N) is 2. The number of nitrogens with zero attached hydrogens (tertiary/aromatic N) is 3. The van der Waals surface area contributed by atoms with Crippen molar-refractivity contribution in [2.45, 2.75) is 68.5 Å². The lowest BCUT2D eigenvalue weighted by Crippen LogP contribution is -2.71. The summed E-state index contributed by atoms with van der Waals surface area (Å²) in [5.74, 6) is 0.383. The number of H-pyrrole nitrogens is 1. The summed E-state index contributed by atoms with van der Waals surface area (Å²) in [5.41, 5.74) is 3.69. The third kappa shape index (κ3) is 4.50. The number of aromatic nitrogens is 2. The Morgan fingerprint density at radius 2 is 1.75 bits per heavy atom. The van der Waals surface area contributed by atoms with E-state index in [9.17, 15) is 14.4 Å². The molecule has 4 heterocycles. The van der Waals surface area contributed by atoms with E-state index in [2.05, 4.69) is 21.4 Å². The molecule has 1 spiro atoms. The van der Waals surface area contributed by atoms with Crippen molar-refractivity contribution in [3.63, 3.8) is 0 Å². The number of hydrogen-bond donors (Lipinski definition) is 2. The lowest BCUT2D eigenvalue weighted by atomic mass is 9.85. The number of carbonyl (C=O) groups is 3. The highest BCUT2D eigenvalue weighted by atomic mass is 16.2. The van der Waals surface area contributed by atoms with Crippen LogP contribution in [0.15, 0.2) is 79.0 Å². The van der Waals surface area contributed by atoms with Crippen molar-refractivity contribution in [2.75, 3.05) is 13.1 Å². The summed E-state index contributed by atoms with van der Waals surface area (Å²) in [7, 11) is 0. The fourth-order valence-corrected chi connectivity index (χ4v) is 8.14. The number of likely N-dealkylation sites (tertiary alicyclic amines) is 2. The first-order valence-corrected chi connectivity index (χ1v) is 16.0. The van der Waals surface area contributed by atoms with E-state index in [1.807, 2.05) is 82.7 Å². The SMILES string of the molecule is O=C(N[C@@H](Cc1ccccc1)C(=O)N1C[C@H]2N(C(=O)c3ccc(C4CCCCC4)cn3)C[C@H]3CC321)c1cc2ccccc2[nH]1. The van der Waals surface area contributed by atoms with Crippen molar-refractivity contribution >= 4 is 28.6 Å². The molecule has 1 unspecified atom stereocenters. The Balaban J connectivity index is 0.982. The van der Waals surface area contributed by atoms with Gasteiger partial charge in [-0.3, -0.25) is 19.4 Å². The quantitative estimate of drug-likeness (QED) is 0.315. The first-order chi connectivity index (χ1) is 21.5. The Labute approximate surface area is 256 Å².